The minimum Gasteiger partial charge on any atom is -0.468 e. The molecule has 5 heteroatoms. The van der Waals surface area contributed by atoms with Crippen LogP contribution in [-0.2, 0) is 23.9 Å². The van der Waals surface area contributed by atoms with Crippen LogP contribution in [-0.4, -0.2) is 31.9 Å². The van der Waals surface area contributed by atoms with Gasteiger partial charge in [-0.2, -0.15) is 0 Å². The van der Waals surface area contributed by atoms with Crippen LogP contribution in [0.1, 0.15) is 6.42 Å². The average Bonchev–Trinajstić information content (AvgIpc) is 2.64. The minimum absolute atomic E-state index is 0.0993. The molecule has 1 aliphatic rings. The number of hydrogen-bond acceptors (Lipinski definition) is 5. The number of methoxy groups -OCH3 is 2. The van der Waals surface area contributed by atoms with Gasteiger partial charge in [-0.05, 0) is 6.08 Å². The summed E-state index contributed by atoms with van der Waals surface area (Å²) in [5.41, 5.74) is 0. The number of ether oxygens (including phenoxy) is 2. The molecular formula is C10H12O5. The van der Waals surface area contributed by atoms with E-state index in [2.05, 4.69) is 9.47 Å². The molecule has 0 N–H and O–H groups in total. The van der Waals surface area contributed by atoms with Crippen LogP contribution in [0.2, 0.25) is 0 Å². The van der Waals surface area contributed by atoms with Crippen molar-refractivity contribution >= 4 is 17.7 Å². The Hall–Kier alpha value is -1.65. The predicted octanol–water partition coefficient (Wildman–Crippen LogP) is 0.0938. The van der Waals surface area contributed by atoms with Crippen LogP contribution in [0.5, 0.6) is 0 Å². The number of rotatable bonds is 3. The Kier molecular flexibility index (Phi) is 3.60. The van der Waals surface area contributed by atoms with Crippen molar-refractivity contribution in [1.29, 1.82) is 0 Å². The van der Waals surface area contributed by atoms with E-state index in [1.54, 1.807) is 6.08 Å². The Morgan fingerprint density at radius 1 is 1.33 bits per heavy atom. The zero-order valence-electron chi connectivity index (χ0n) is 8.56. The second kappa shape index (κ2) is 4.72. The predicted molar refractivity (Wildman–Crippen MR) is 49.8 cm³/mol. The summed E-state index contributed by atoms with van der Waals surface area (Å²) in [4.78, 5) is 33.7. The van der Waals surface area contributed by atoms with Gasteiger partial charge in [-0.15, -0.1) is 0 Å². The molecule has 1 atom stereocenters. The van der Waals surface area contributed by atoms with Gasteiger partial charge in [0.15, 0.2) is 11.7 Å². The molecule has 1 rings (SSSR count). The van der Waals surface area contributed by atoms with Gasteiger partial charge in [0.25, 0.3) is 0 Å². The molecule has 0 amide bonds. The molecule has 0 saturated carbocycles. The van der Waals surface area contributed by atoms with Crippen molar-refractivity contribution in [3.05, 3.63) is 12.2 Å². The summed E-state index contributed by atoms with van der Waals surface area (Å²) in [7, 11) is 2.39. The number of hydrogen-bond donors (Lipinski definition) is 0. The highest BCUT2D eigenvalue weighted by molar-refractivity contribution is 5.99. The third kappa shape index (κ3) is 2.43. The Labute approximate surface area is 87.0 Å². The van der Waals surface area contributed by atoms with Crippen molar-refractivity contribution in [2.75, 3.05) is 14.2 Å². The molecule has 0 spiro atoms. The molecule has 82 valence electrons. The quantitative estimate of drug-likeness (QED) is 0.490. The van der Waals surface area contributed by atoms with Crippen LogP contribution in [0.15, 0.2) is 12.2 Å². The Morgan fingerprint density at radius 2 is 1.87 bits per heavy atom. The second-order valence-electron chi connectivity index (χ2n) is 3.22. The zero-order chi connectivity index (χ0) is 11.4. The topological polar surface area (TPSA) is 69.7 Å². The van der Waals surface area contributed by atoms with Crippen LogP contribution in [0.25, 0.3) is 0 Å². The fourth-order valence-corrected chi connectivity index (χ4v) is 1.53. The maximum atomic E-state index is 11.3. The number of carbonyl (C=O) groups excluding carboxylic acids is 3. The van der Waals surface area contributed by atoms with Crippen molar-refractivity contribution in [3.63, 3.8) is 0 Å². The van der Waals surface area contributed by atoms with E-state index < -0.39 is 23.8 Å². The third-order valence-corrected chi connectivity index (χ3v) is 2.30. The maximum Gasteiger partial charge on any atom is 0.320 e. The largest absolute Gasteiger partial charge is 0.468 e. The van der Waals surface area contributed by atoms with Gasteiger partial charge in [0.1, 0.15) is 0 Å². The summed E-state index contributed by atoms with van der Waals surface area (Å²) in [6.07, 6.45) is 3.05. The fourth-order valence-electron chi connectivity index (χ4n) is 1.53. The van der Waals surface area contributed by atoms with Gasteiger partial charge in [-0.3, -0.25) is 14.4 Å². The molecule has 0 fully saturated rings. The molecule has 0 aliphatic heterocycles. The van der Waals surface area contributed by atoms with E-state index in [1.807, 2.05) is 0 Å². The van der Waals surface area contributed by atoms with E-state index in [0.717, 1.165) is 0 Å². The van der Waals surface area contributed by atoms with E-state index in [4.69, 9.17) is 0 Å². The minimum atomic E-state index is -1.04. The third-order valence-electron chi connectivity index (χ3n) is 2.30. The van der Waals surface area contributed by atoms with E-state index in [1.165, 1.54) is 20.3 Å². The lowest BCUT2D eigenvalue weighted by molar-refractivity contribution is -0.160. The average molecular weight is 212 g/mol. The highest BCUT2D eigenvalue weighted by Crippen LogP contribution is 2.25. The van der Waals surface area contributed by atoms with Crippen LogP contribution in [0, 0.1) is 11.8 Å². The van der Waals surface area contributed by atoms with Crippen molar-refractivity contribution in [2.24, 2.45) is 11.8 Å². The lowest BCUT2D eigenvalue weighted by Gasteiger charge is -2.16. The highest BCUT2D eigenvalue weighted by atomic mass is 16.5. The zero-order valence-corrected chi connectivity index (χ0v) is 8.56. The summed E-state index contributed by atoms with van der Waals surface area (Å²) >= 11 is 0. The van der Waals surface area contributed by atoms with Crippen LogP contribution in [0.4, 0.5) is 0 Å². The molecule has 0 saturated heterocycles. The Bertz CT molecular complexity index is 302. The smallest absolute Gasteiger partial charge is 0.320 e. The lowest BCUT2D eigenvalue weighted by Crippen LogP contribution is -2.32. The second-order valence-corrected chi connectivity index (χ2v) is 3.22. The van der Waals surface area contributed by atoms with Crippen molar-refractivity contribution in [1.82, 2.24) is 0 Å². The highest BCUT2D eigenvalue weighted by Gasteiger charge is 2.38. The molecule has 0 aromatic rings. The summed E-state index contributed by atoms with van der Waals surface area (Å²) in [6.45, 7) is 0. The molecule has 15 heavy (non-hydrogen) atoms. The van der Waals surface area contributed by atoms with Gasteiger partial charge >= 0.3 is 11.9 Å². The number of esters is 2. The Balaban J connectivity index is 2.82. The number of carbonyl (C=O) groups is 3. The number of allylic oxidation sites excluding steroid dienone is 2. The van der Waals surface area contributed by atoms with Gasteiger partial charge in [-0.1, -0.05) is 6.08 Å². The molecule has 1 aliphatic carbocycles. The Morgan fingerprint density at radius 3 is 2.20 bits per heavy atom. The standard InChI is InChI=1S/C10H12O5/c1-14-9(12)8(10(13)15-2)6-3-4-7(11)5-6/h3-4,6,8H,5H2,1-2H3. The normalized spacial score (nSPS) is 19.4. The van der Waals surface area contributed by atoms with E-state index >= 15 is 0 Å². The summed E-state index contributed by atoms with van der Waals surface area (Å²) in [6, 6.07) is 0. The molecule has 5 nitrogen and oxygen atoms in total. The molecule has 0 heterocycles. The van der Waals surface area contributed by atoms with Crippen molar-refractivity contribution in [3.8, 4) is 0 Å². The first-order valence-corrected chi connectivity index (χ1v) is 4.46. The van der Waals surface area contributed by atoms with Crippen LogP contribution >= 0.6 is 0 Å². The van der Waals surface area contributed by atoms with E-state index in [-0.39, 0.29) is 12.2 Å². The van der Waals surface area contributed by atoms with Gasteiger partial charge < -0.3 is 9.47 Å². The first-order valence-electron chi connectivity index (χ1n) is 4.46. The molecule has 0 aromatic carbocycles. The lowest BCUT2D eigenvalue weighted by atomic mass is 9.92. The van der Waals surface area contributed by atoms with Crippen LogP contribution < -0.4 is 0 Å². The summed E-state index contributed by atoms with van der Waals surface area (Å²) < 4.78 is 9.00. The number of ketones is 1. The summed E-state index contributed by atoms with van der Waals surface area (Å²) in [5.74, 6) is -2.93. The molecule has 0 bridgehead atoms. The molecular weight excluding hydrogens is 200 g/mol. The summed E-state index contributed by atoms with van der Waals surface area (Å²) in [5, 5.41) is 0. The van der Waals surface area contributed by atoms with Crippen molar-refractivity contribution < 1.29 is 23.9 Å². The molecule has 1 unspecified atom stereocenters. The van der Waals surface area contributed by atoms with Crippen molar-refractivity contribution in [2.45, 2.75) is 6.42 Å². The SMILES string of the molecule is COC(=O)C(C(=O)OC)C1C=CC(=O)C1. The van der Waals surface area contributed by atoms with Gasteiger partial charge in [-0.25, -0.2) is 0 Å². The van der Waals surface area contributed by atoms with Gasteiger partial charge in [0.05, 0.1) is 14.2 Å². The first kappa shape index (κ1) is 11.4. The van der Waals surface area contributed by atoms with Gasteiger partial charge in [0.2, 0.25) is 0 Å². The molecule has 0 radical (unpaired) electrons. The first-order chi connectivity index (χ1) is 7.10. The van der Waals surface area contributed by atoms with Crippen LogP contribution in [0.3, 0.4) is 0 Å². The fraction of sp³-hybridized carbons (Fsp3) is 0.500. The van der Waals surface area contributed by atoms with Gasteiger partial charge in [0, 0.05) is 12.3 Å². The van der Waals surface area contributed by atoms with E-state index in [9.17, 15) is 14.4 Å². The monoisotopic (exact) mass is 212 g/mol. The molecule has 0 aromatic heterocycles. The maximum absolute atomic E-state index is 11.3. The van der Waals surface area contributed by atoms with E-state index in [0.29, 0.717) is 0 Å².